The van der Waals surface area contributed by atoms with E-state index in [9.17, 15) is 13.6 Å². The Bertz CT molecular complexity index is 1220. The molecule has 2 aromatic heterocycles. The second-order valence-electron chi connectivity index (χ2n) is 6.85. The summed E-state index contributed by atoms with van der Waals surface area (Å²) in [4.78, 5) is 19.0. The van der Waals surface area contributed by atoms with Crippen molar-refractivity contribution < 1.29 is 18.1 Å². The summed E-state index contributed by atoms with van der Waals surface area (Å²) in [6, 6.07) is 10.1. The van der Waals surface area contributed by atoms with Gasteiger partial charge >= 0.3 is 0 Å². The highest BCUT2D eigenvalue weighted by Crippen LogP contribution is 2.34. The molecular weight excluding hydrogens is 380 g/mol. The number of H-pyrrole nitrogens is 1. The molecule has 2 aromatic carbocycles. The Morgan fingerprint density at radius 2 is 2.07 bits per heavy atom. The van der Waals surface area contributed by atoms with Gasteiger partial charge in [-0.25, -0.2) is 8.78 Å². The lowest BCUT2D eigenvalue weighted by Gasteiger charge is -2.20. The van der Waals surface area contributed by atoms with E-state index in [0.29, 0.717) is 18.7 Å². The minimum atomic E-state index is -0.778. The predicted molar refractivity (Wildman–Crippen MR) is 98.8 cm³/mol. The third-order valence-electron chi connectivity index (χ3n) is 5.09. The van der Waals surface area contributed by atoms with Crippen LogP contribution in [0.3, 0.4) is 0 Å². The molecule has 0 unspecified atom stereocenters. The van der Waals surface area contributed by atoms with Crippen LogP contribution < -0.4 is 0 Å². The molecule has 1 N–H and O–H groups in total. The van der Waals surface area contributed by atoms with E-state index >= 15 is 0 Å². The molecule has 29 heavy (non-hydrogen) atoms. The van der Waals surface area contributed by atoms with Crippen LogP contribution in [0.4, 0.5) is 8.78 Å². The van der Waals surface area contributed by atoms with E-state index in [1.165, 1.54) is 6.07 Å². The van der Waals surface area contributed by atoms with Gasteiger partial charge in [-0.3, -0.25) is 9.89 Å². The molecule has 1 aliphatic heterocycles. The number of aromatic nitrogens is 4. The number of nitrogens with one attached hydrogen (secondary N) is 1. The molecule has 0 radical (unpaired) electrons. The van der Waals surface area contributed by atoms with Gasteiger partial charge in [0, 0.05) is 18.0 Å². The van der Waals surface area contributed by atoms with Crippen LogP contribution in [0.2, 0.25) is 0 Å². The summed E-state index contributed by atoms with van der Waals surface area (Å²) in [5.74, 6) is -1.47. The number of benzene rings is 2. The summed E-state index contributed by atoms with van der Waals surface area (Å²) in [5.41, 5.74) is 1.14. The van der Waals surface area contributed by atoms with Crippen molar-refractivity contribution in [2.24, 2.45) is 0 Å². The number of carbonyl (C=O) groups is 1. The third-order valence-corrected chi connectivity index (χ3v) is 5.09. The number of carbonyl (C=O) groups excluding carboxylic acids is 1. The quantitative estimate of drug-likeness (QED) is 0.569. The Morgan fingerprint density at radius 1 is 1.21 bits per heavy atom. The number of rotatable bonds is 3. The van der Waals surface area contributed by atoms with Gasteiger partial charge < -0.3 is 9.42 Å². The van der Waals surface area contributed by atoms with Crippen molar-refractivity contribution in [1.29, 1.82) is 0 Å². The van der Waals surface area contributed by atoms with Crippen molar-refractivity contribution in [2.75, 3.05) is 6.54 Å². The number of likely N-dealkylation sites (tertiary alicyclic amines) is 1. The molecule has 4 aromatic rings. The summed E-state index contributed by atoms with van der Waals surface area (Å²) in [6.45, 7) is 0.521. The average Bonchev–Trinajstić information content (AvgIpc) is 3.46. The number of para-hydroxylation sites is 1. The predicted octanol–water partition coefficient (Wildman–Crippen LogP) is 3.87. The fourth-order valence-electron chi connectivity index (χ4n) is 3.68. The Balaban J connectivity index is 1.45. The maximum atomic E-state index is 14.0. The van der Waals surface area contributed by atoms with Crippen LogP contribution in [0, 0.1) is 11.6 Å². The minimum absolute atomic E-state index is 0.0158. The molecule has 0 saturated carbocycles. The van der Waals surface area contributed by atoms with Gasteiger partial charge in [0.05, 0.1) is 11.1 Å². The van der Waals surface area contributed by atoms with Crippen LogP contribution in [0.25, 0.3) is 22.3 Å². The fourth-order valence-corrected chi connectivity index (χ4v) is 3.68. The Morgan fingerprint density at radius 3 is 2.93 bits per heavy atom. The van der Waals surface area contributed by atoms with Gasteiger partial charge in [-0.05, 0) is 31.0 Å². The highest BCUT2D eigenvalue weighted by molar-refractivity contribution is 6.04. The molecule has 146 valence electrons. The number of aromatic amines is 1. The van der Waals surface area contributed by atoms with Crippen LogP contribution in [0.5, 0.6) is 0 Å². The molecule has 0 bridgehead atoms. The highest BCUT2D eigenvalue weighted by Gasteiger charge is 2.36. The summed E-state index contributed by atoms with van der Waals surface area (Å²) < 4.78 is 32.5. The van der Waals surface area contributed by atoms with Gasteiger partial charge in [-0.1, -0.05) is 23.4 Å². The first-order chi connectivity index (χ1) is 14.1. The third kappa shape index (κ3) is 2.95. The van der Waals surface area contributed by atoms with E-state index < -0.39 is 17.7 Å². The Kier molecular flexibility index (Phi) is 4.08. The SMILES string of the molecule is O=C(c1n[nH]c2ccccc12)N1CCC[C@H]1c1nc(-c2ccc(F)cc2F)no1. The lowest BCUT2D eigenvalue weighted by Crippen LogP contribution is -2.31. The van der Waals surface area contributed by atoms with Gasteiger partial charge in [0.1, 0.15) is 17.7 Å². The van der Waals surface area contributed by atoms with Crippen LogP contribution in [0.1, 0.15) is 35.3 Å². The van der Waals surface area contributed by atoms with Crippen molar-refractivity contribution in [3.05, 3.63) is 65.7 Å². The zero-order valence-corrected chi connectivity index (χ0v) is 15.1. The topological polar surface area (TPSA) is 87.9 Å². The number of amides is 1. The molecule has 0 aliphatic carbocycles. The monoisotopic (exact) mass is 395 g/mol. The van der Waals surface area contributed by atoms with E-state index in [2.05, 4.69) is 20.3 Å². The van der Waals surface area contributed by atoms with Crippen LogP contribution >= 0.6 is 0 Å². The molecule has 0 spiro atoms. The molecular formula is C20H15F2N5O2. The van der Waals surface area contributed by atoms with Crippen molar-refractivity contribution in [2.45, 2.75) is 18.9 Å². The maximum absolute atomic E-state index is 14.0. The van der Waals surface area contributed by atoms with E-state index in [1.807, 2.05) is 24.3 Å². The Labute approximate surface area is 163 Å². The molecule has 9 heteroatoms. The summed E-state index contributed by atoms with van der Waals surface area (Å²) in [5, 5.41) is 11.6. The van der Waals surface area contributed by atoms with E-state index in [4.69, 9.17) is 4.52 Å². The average molecular weight is 395 g/mol. The molecule has 5 rings (SSSR count). The first-order valence-electron chi connectivity index (χ1n) is 9.15. The minimum Gasteiger partial charge on any atom is -0.337 e. The van der Waals surface area contributed by atoms with Crippen molar-refractivity contribution >= 4 is 16.8 Å². The second-order valence-corrected chi connectivity index (χ2v) is 6.85. The normalized spacial score (nSPS) is 16.6. The van der Waals surface area contributed by atoms with Gasteiger partial charge in [-0.15, -0.1) is 0 Å². The van der Waals surface area contributed by atoms with Crippen molar-refractivity contribution in [3.63, 3.8) is 0 Å². The highest BCUT2D eigenvalue weighted by atomic mass is 19.1. The van der Waals surface area contributed by atoms with E-state index in [1.54, 1.807) is 4.90 Å². The molecule has 1 saturated heterocycles. The Hall–Kier alpha value is -3.62. The van der Waals surface area contributed by atoms with Crippen molar-refractivity contribution in [1.82, 2.24) is 25.2 Å². The summed E-state index contributed by atoms with van der Waals surface area (Å²) >= 11 is 0. The van der Waals surface area contributed by atoms with Crippen molar-refractivity contribution in [3.8, 4) is 11.4 Å². The number of fused-ring (bicyclic) bond motifs is 1. The summed E-state index contributed by atoms with van der Waals surface area (Å²) in [7, 11) is 0. The maximum Gasteiger partial charge on any atom is 0.275 e. The van der Waals surface area contributed by atoms with Gasteiger partial charge in [0.15, 0.2) is 5.69 Å². The lowest BCUT2D eigenvalue weighted by atomic mass is 10.1. The van der Waals surface area contributed by atoms with E-state index in [-0.39, 0.29) is 23.2 Å². The number of nitrogens with zero attached hydrogens (tertiary/aromatic N) is 4. The zero-order valence-electron chi connectivity index (χ0n) is 15.1. The lowest BCUT2D eigenvalue weighted by molar-refractivity contribution is 0.0706. The zero-order chi connectivity index (χ0) is 20.0. The van der Waals surface area contributed by atoms with Crippen LogP contribution in [0.15, 0.2) is 47.0 Å². The molecule has 3 heterocycles. The number of halogens is 2. The first-order valence-corrected chi connectivity index (χ1v) is 9.15. The molecule has 1 fully saturated rings. The molecule has 7 nitrogen and oxygen atoms in total. The largest absolute Gasteiger partial charge is 0.337 e. The molecule has 1 amide bonds. The molecule has 1 atom stereocenters. The van der Waals surface area contributed by atoms with Gasteiger partial charge in [0.2, 0.25) is 11.7 Å². The van der Waals surface area contributed by atoms with E-state index in [0.717, 1.165) is 29.5 Å². The summed E-state index contributed by atoms with van der Waals surface area (Å²) in [6.07, 6.45) is 1.41. The van der Waals surface area contributed by atoms with Crippen LogP contribution in [-0.4, -0.2) is 37.7 Å². The number of hydrogen-bond donors (Lipinski definition) is 1. The standard InChI is InChI=1S/C20H15F2N5O2/c21-11-7-8-12(14(22)10-11)18-23-19(29-26-18)16-6-3-9-27(16)20(28)17-13-4-1-2-5-15(13)24-25-17/h1-2,4-5,7-8,10,16H,3,6,9H2,(H,24,25)/t16-/m0/s1. The van der Waals surface area contributed by atoms with Crippen LogP contribution in [-0.2, 0) is 0 Å². The second kappa shape index (κ2) is 6.77. The molecule has 1 aliphatic rings. The first kappa shape index (κ1) is 17.5. The number of hydrogen-bond acceptors (Lipinski definition) is 5. The van der Waals surface area contributed by atoms with Gasteiger partial charge in [-0.2, -0.15) is 10.1 Å². The fraction of sp³-hybridized carbons (Fsp3) is 0.200. The van der Waals surface area contributed by atoms with Gasteiger partial charge in [0.25, 0.3) is 5.91 Å². The smallest absolute Gasteiger partial charge is 0.275 e.